The lowest BCUT2D eigenvalue weighted by Gasteiger charge is -2.01. The number of amides is 1. The minimum Gasteiger partial charge on any atom is -0.265 e. The van der Waals surface area contributed by atoms with Gasteiger partial charge in [-0.1, -0.05) is 57.9 Å². The second-order valence-corrected chi connectivity index (χ2v) is 6.97. The van der Waals surface area contributed by atoms with Crippen LogP contribution in [0.4, 0.5) is 5.69 Å². The van der Waals surface area contributed by atoms with Crippen molar-refractivity contribution >= 4 is 33.7 Å². The van der Waals surface area contributed by atoms with Gasteiger partial charge in [0.25, 0.3) is 5.91 Å². The third-order valence-electron chi connectivity index (χ3n) is 3.87. The van der Waals surface area contributed by atoms with Crippen LogP contribution in [0.15, 0.2) is 64.3 Å². The van der Waals surface area contributed by atoms with Crippen molar-refractivity contribution in [2.45, 2.75) is 13.5 Å². The Bertz CT molecular complexity index is 1030. The maximum Gasteiger partial charge on any atom is 0.320 e. The molecule has 0 saturated carbocycles. The Kier molecular flexibility index (Phi) is 5.95. The van der Waals surface area contributed by atoms with Crippen LogP contribution in [-0.4, -0.2) is 26.8 Å². The molecule has 0 aliphatic heterocycles. The number of hydrogen-bond acceptors (Lipinski definition) is 5. The van der Waals surface area contributed by atoms with Gasteiger partial charge in [0.15, 0.2) is 0 Å². The number of hydrogen-bond donors (Lipinski definition) is 1. The molecule has 2 aromatic carbocycles. The van der Waals surface area contributed by atoms with Crippen molar-refractivity contribution < 1.29 is 9.72 Å². The Balaban J connectivity index is 1.74. The van der Waals surface area contributed by atoms with E-state index in [0.717, 1.165) is 21.2 Å². The van der Waals surface area contributed by atoms with Crippen LogP contribution in [0.2, 0.25) is 0 Å². The van der Waals surface area contributed by atoms with E-state index < -0.39 is 10.8 Å². The van der Waals surface area contributed by atoms with Gasteiger partial charge in [-0.3, -0.25) is 19.6 Å². The number of carbonyl (C=O) groups is 1. The van der Waals surface area contributed by atoms with Crippen molar-refractivity contribution in [1.82, 2.24) is 15.2 Å². The summed E-state index contributed by atoms with van der Waals surface area (Å²) in [4.78, 5) is 23.0. The number of aromatic nitrogens is 2. The first-order valence-electron chi connectivity index (χ1n) is 8.29. The molecule has 28 heavy (non-hydrogen) atoms. The molecular weight excluding hydrogens is 426 g/mol. The number of benzene rings is 2. The summed E-state index contributed by atoms with van der Waals surface area (Å²) < 4.78 is 2.29. The van der Waals surface area contributed by atoms with Gasteiger partial charge >= 0.3 is 5.69 Å². The van der Waals surface area contributed by atoms with Crippen molar-refractivity contribution in [3.05, 3.63) is 91.7 Å². The lowest BCUT2D eigenvalue weighted by Crippen LogP contribution is -2.19. The van der Waals surface area contributed by atoms with E-state index in [9.17, 15) is 14.9 Å². The number of nitrogens with zero attached hydrogens (tertiary/aromatic N) is 4. The Hall–Kier alpha value is -3.33. The summed E-state index contributed by atoms with van der Waals surface area (Å²) in [5.41, 5.74) is 4.41. The van der Waals surface area contributed by atoms with Crippen LogP contribution < -0.4 is 5.43 Å². The maximum absolute atomic E-state index is 12.3. The van der Waals surface area contributed by atoms with E-state index in [2.05, 4.69) is 31.6 Å². The first-order valence-corrected chi connectivity index (χ1v) is 9.08. The average molecular weight is 442 g/mol. The molecule has 1 amide bonds. The number of nitro groups is 1. The van der Waals surface area contributed by atoms with Gasteiger partial charge in [-0.05, 0) is 30.2 Å². The minimum atomic E-state index is -0.746. The molecule has 0 atom stereocenters. The molecule has 0 saturated heterocycles. The predicted molar refractivity (Wildman–Crippen MR) is 108 cm³/mol. The third-order valence-corrected chi connectivity index (χ3v) is 4.40. The summed E-state index contributed by atoms with van der Waals surface area (Å²) in [6.07, 6.45) is 2.70. The summed E-state index contributed by atoms with van der Waals surface area (Å²) in [5, 5.41) is 19.2. The third kappa shape index (κ3) is 4.89. The molecular formula is C19H16BrN5O3. The van der Waals surface area contributed by atoms with Crippen molar-refractivity contribution in [3.8, 4) is 0 Å². The van der Waals surface area contributed by atoms with Crippen molar-refractivity contribution in [2.24, 2.45) is 5.10 Å². The highest BCUT2D eigenvalue weighted by atomic mass is 79.9. The second-order valence-electron chi connectivity index (χ2n) is 6.05. The quantitative estimate of drug-likeness (QED) is 0.358. The van der Waals surface area contributed by atoms with Gasteiger partial charge in [0.05, 0.1) is 17.7 Å². The van der Waals surface area contributed by atoms with Gasteiger partial charge in [0.1, 0.15) is 6.20 Å². The maximum atomic E-state index is 12.3. The highest BCUT2D eigenvalue weighted by Crippen LogP contribution is 2.18. The average Bonchev–Trinajstić information content (AvgIpc) is 3.09. The molecule has 0 aliphatic carbocycles. The highest BCUT2D eigenvalue weighted by Gasteiger charge is 2.25. The summed E-state index contributed by atoms with van der Waals surface area (Å²) in [7, 11) is 0. The van der Waals surface area contributed by atoms with Crippen LogP contribution in [0.3, 0.4) is 0 Å². The molecule has 3 aromatic rings. The standard InChI is InChI=1S/C19H16BrN5O3/c1-13-2-4-14(5-3-13)10-21-22-19(26)18-17(25(27)28)12-24(23-18)11-15-6-8-16(20)9-7-15/h2-10,12H,11H2,1H3,(H,22,26). The van der Waals surface area contributed by atoms with Gasteiger partial charge < -0.3 is 0 Å². The van der Waals surface area contributed by atoms with E-state index in [0.29, 0.717) is 6.54 Å². The number of hydrazone groups is 1. The number of rotatable bonds is 6. The van der Waals surface area contributed by atoms with Gasteiger partial charge in [0, 0.05) is 4.47 Å². The largest absolute Gasteiger partial charge is 0.320 e. The Morgan fingerprint density at radius 1 is 1.25 bits per heavy atom. The monoisotopic (exact) mass is 441 g/mol. The van der Waals surface area contributed by atoms with Gasteiger partial charge in [-0.2, -0.15) is 10.2 Å². The molecule has 0 aliphatic rings. The van der Waals surface area contributed by atoms with Gasteiger partial charge in [-0.25, -0.2) is 5.43 Å². The van der Waals surface area contributed by atoms with Crippen LogP contribution in [-0.2, 0) is 6.54 Å². The molecule has 8 nitrogen and oxygen atoms in total. The molecule has 0 fully saturated rings. The van der Waals surface area contributed by atoms with Crippen molar-refractivity contribution in [3.63, 3.8) is 0 Å². The predicted octanol–water partition coefficient (Wildman–Crippen LogP) is 3.67. The number of nitrogens with one attached hydrogen (secondary N) is 1. The van der Waals surface area contributed by atoms with Crippen LogP contribution >= 0.6 is 15.9 Å². The SMILES string of the molecule is Cc1ccc(C=NNC(=O)c2nn(Cc3ccc(Br)cc3)cc2[N+](=O)[O-])cc1. The zero-order valence-corrected chi connectivity index (χ0v) is 16.5. The van der Waals surface area contributed by atoms with Crippen molar-refractivity contribution in [2.75, 3.05) is 0 Å². The Morgan fingerprint density at radius 2 is 1.93 bits per heavy atom. The lowest BCUT2D eigenvalue weighted by atomic mass is 10.2. The number of halogens is 1. The molecule has 1 heterocycles. The van der Waals surface area contributed by atoms with E-state index >= 15 is 0 Å². The minimum absolute atomic E-state index is 0.289. The molecule has 142 valence electrons. The first kappa shape index (κ1) is 19.4. The normalized spacial score (nSPS) is 10.9. The molecule has 0 unspecified atom stereocenters. The molecule has 3 rings (SSSR count). The molecule has 9 heteroatoms. The van der Waals surface area contributed by atoms with Crippen LogP contribution in [0, 0.1) is 17.0 Å². The summed E-state index contributed by atoms with van der Waals surface area (Å²) >= 11 is 3.35. The fraction of sp³-hybridized carbons (Fsp3) is 0.105. The number of carbonyl (C=O) groups excluding carboxylic acids is 1. The molecule has 0 spiro atoms. The smallest absolute Gasteiger partial charge is 0.265 e. The summed E-state index contributed by atoms with van der Waals surface area (Å²) in [5.74, 6) is -0.746. The zero-order valence-electron chi connectivity index (χ0n) is 14.9. The van der Waals surface area contributed by atoms with E-state index in [1.54, 1.807) is 0 Å². The summed E-state index contributed by atoms with van der Waals surface area (Å²) in [6, 6.07) is 15.0. The zero-order chi connectivity index (χ0) is 20.1. The van der Waals surface area contributed by atoms with Gasteiger partial charge in [-0.15, -0.1) is 0 Å². The fourth-order valence-electron chi connectivity index (χ4n) is 2.43. The highest BCUT2D eigenvalue weighted by molar-refractivity contribution is 9.10. The topological polar surface area (TPSA) is 102 Å². The molecule has 0 radical (unpaired) electrons. The fourth-order valence-corrected chi connectivity index (χ4v) is 2.70. The number of aryl methyl sites for hydroxylation is 1. The van der Waals surface area contributed by atoms with Crippen molar-refractivity contribution in [1.29, 1.82) is 0 Å². The second kappa shape index (κ2) is 8.57. The molecule has 0 bridgehead atoms. The molecule has 1 aromatic heterocycles. The molecule has 1 N–H and O–H groups in total. The van der Waals surface area contributed by atoms with E-state index in [-0.39, 0.29) is 11.4 Å². The lowest BCUT2D eigenvalue weighted by molar-refractivity contribution is -0.385. The summed E-state index contributed by atoms with van der Waals surface area (Å²) in [6.45, 7) is 2.26. The first-order chi connectivity index (χ1) is 13.4. The van der Waals surface area contributed by atoms with Crippen LogP contribution in [0.25, 0.3) is 0 Å². The Morgan fingerprint density at radius 3 is 2.57 bits per heavy atom. The van der Waals surface area contributed by atoms with E-state index in [4.69, 9.17) is 0 Å². The van der Waals surface area contributed by atoms with E-state index in [1.807, 2.05) is 55.5 Å². The van der Waals surface area contributed by atoms with Crippen LogP contribution in [0.5, 0.6) is 0 Å². The van der Waals surface area contributed by atoms with E-state index in [1.165, 1.54) is 17.1 Å². The Labute approximate surface area is 169 Å². The van der Waals surface area contributed by atoms with Crippen LogP contribution in [0.1, 0.15) is 27.2 Å². The van der Waals surface area contributed by atoms with Gasteiger partial charge in [0.2, 0.25) is 5.69 Å².